The van der Waals surface area contributed by atoms with Crippen molar-refractivity contribution in [2.75, 3.05) is 0 Å². The Morgan fingerprint density at radius 3 is 2.06 bits per heavy atom. The van der Waals surface area contributed by atoms with E-state index in [1.807, 2.05) is 41.5 Å². The van der Waals surface area contributed by atoms with E-state index in [-0.39, 0.29) is 11.6 Å². The van der Waals surface area contributed by atoms with Crippen molar-refractivity contribution in [3.63, 3.8) is 0 Å². The normalized spacial score (nSPS) is 12.2. The number of nitrogens with zero attached hydrogens (tertiary/aromatic N) is 2. The molecule has 0 unspecified atom stereocenters. The van der Waals surface area contributed by atoms with Crippen LogP contribution in [0, 0.1) is 0 Å². The average molecular weight is 251 g/mol. The van der Waals surface area contributed by atoms with Crippen LogP contribution in [0.4, 0.5) is 0 Å². The fourth-order valence-corrected chi connectivity index (χ4v) is 1.14. The molecule has 0 atom stereocenters. The van der Waals surface area contributed by atoms with Gasteiger partial charge in [0.25, 0.3) is 0 Å². The second-order valence-electron chi connectivity index (χ2n) is 5.97. The molecule has 0 saturated carbocycles. The summed E-state index contributed by atoms with van der Waals surface area (Å²) >= 11 is 0. The first-order valence-corrected chi connectivity index (χ1v) is 5.83. The van der Waals surface area contributed by atoms with Crippen molar-refractivity contribution >= 4 is 12.9 Å². The van der Waals surface area contributed by atoms with Gasteiger partial charge in [0.1, 0.15) is 11.2 Å². The summed E-state index contributed by atoms with van der Waals surface area (Å²) in [5.74, 6) is 0.305. The summed E-state index contributed by atoms with van der Waals surface area (Å²) in [6.07, 6.45) is 1.47. The van der Waals surface area contributed by atoms with Crippen LogP contribution in [0.15, 0.2) is 6.20 Å². The zero-order valence-electron chi connectivity index (χ0n) is 11.8. The van der Waals surface area contributed by atoms with Crippen LogP contribution in [0.5, 0.6) is 11.9 Å². The van der Waals surface area contributed by atoms with Crippen LogP contribution in [0.2, 0.25) is 0 Å². The lowest BCUT2D eigenvalue weighted by Crippen LogP contribution is -2.31. The first-order valence-electron chi connectivity index (χ1n) is 5.83. The smallest absolute Gasteiger partial charge is 0.334 e. The minimum Gasteiger partial charge on any atom is -0.472 e. The molecule has 18 heavy (non-hydrogen) atoms. The van der Waals surface area contributed by atoms with Gasteiger partial charge in [0.2, 0.25) is 5.88 Å². The Morgan fingerprint density at radius 1 is 1.06 bits per heavy atom. The van der Waals surface area contributed by atoms with Gasteiger partial charge in [-0.25, -0.2) is 4.98 Å². The molecule has 0 spiro atoms. The zero-order chi connectivity index (χ0) is 14.0. The summed E-state index contributed by atoms with van der Waals surface area (Å²) in [5.41, 5.74) is -0.375. The molecule has 1 radical (unpaired) electrons. The molecule has 1 N–H and O–H groups in total. The van der Waals surface area contributed by atoms with E-state index in [2.05, 4.69) is 9.97 Å². The highest BCUT2D eigenvalue weighted by atomic mass is 16.5. The summed E-state index contributed by atoms with van der Waals surface area (Å²) in [7, 11) is 0.919. The molecule has 1 aromatic rings. The van der Waals surface area contributed by atoms with Gasteiger partial charge in [-0.05, 0) is 41.5 Å². The highest BCUT2D eigenvalue weighted by Crippen LogP contribution is 2.18. The maximum Gasteiger partial charge on any atom is 0.334 e. The van der Waals surface area contributed by atoms with E-state index in [4.69, 9.17) is 14.5 Å². The third kappa shape index (κ3) is 4.92. The molecule has 0 aliphatic rings. The van der Waals surface area contributed by atoms with Crippen molar-refractivity contribution in [3.8, 4) is 11.9 Å². The number of rotatable bonds is 3. The summed E-state index contributed by atoms with van der Waals surface area (Å²) in [5, 5.41) is 9.11. The standard InChI is InChI=1S/C12H20BN2O3/c1-11(2,3)17-9-8(13-16)7-14-10(15-9)18-12(4,5)6/h7,16H,1-6H3. The molecule has 0 amide bonds. The van der Waals surface area contributed by atoms with E-state index < -0.39 is 5.60 Å². The van der Waals surface area contributed by atoms with Crippen molar-refractivity contribution in [1.29, 1.82) is 0 Å². The second-order valence-corrected chi connectivity index (χ2v) is 5.97. The molecule has 0 saturated heterocycles. The highest BCUT2D eigenvalue weighted by molar-refractivity contribution is 6.46. The number of hydrogen-bond donors (Lipinski definition) is 1. The van der Waals surface area contributed by atoms with Crippen LogP contribution in [0.25, 0.3) is 0 Å². The summed E-state index contributed by atoms with van der Waals surface area (Å²) in [4.78, 5) is 8.19. The molecular formula is C12H20BN2O3. The van der Waals surface area contributed by atoms with Gasteiger partial charge in [-0.2, -0.15) is 4.98 Å². The molecule has 0 aromatic carbocycles. The van der Waals surface area contributed by atoms with Crippen molar-refractivity contribution in [1.82, 2.24) is 9.97 Å². The molecule has 0 aliphatic carbocycles. The molecule has 6 heteroatoms. The van der Waals surface area contributed by atoms with Crippen LogP contribution in [0.3, 0.4) is 0 Å². The molecule has 0 aliphatic heterocycles. The predicted molar refractivity (Wildman–Crippen MR) is 70.4 cm³/mol. The van der Waals surface area contributed by atoms with E-state index in [9.17, 15) is 0 Å². The van der Waals surface area contributed by atoms with Gasteiger partial charge >= 0.3 is 13.5 Å². The Morgan fingerprint density at radius 2 is 1.61 bits per heavy atom. The molecule has 5 nitrogen and oxygen atoms in total. The van der Waals surface area contributed by atoms with Crippen molar-refractivity contribution in [2.24, 2.45) is 0 Å². The van der Waals surface area contributed by atoms with Crippen molar-refractivity contribution in [2.45, 2.75) is 52.7 Å². The van der Waals surface area contributed by atoms with E-state index in [0.717, 1.165) is 7.48 Å². The Kier molecular flexibility index (Phi) is 4.22. The number of ether oxygens (including phenoxy) is 2. The van der Waals surface area contributed by atoms with Gasteiger partial charge in [0, 0.05) is 11.7 Å². The Bertz CT molecular complexity index is 411. The van der Waals surface area contributed by atoms with Gasteiger partial charge in [-0.3, -0.25) is 0 Å². The maximum absolute atomic E-state index is 9.11. The monoisotopic (exact) mass is 251 g/mol. The molecule has 1 heterocycles. The van der Waals surface area contributed by atoms with Crippen molar-refractivity contribution in [3.05, 3.63) is 6.20 Å². The molecule has 1 aromatic heterocycles. The topological polar surface area (TPSA) is 64.5 Å². The van der Waals surface area contributed by atoms with Gasteiger partial charge in [-0.1, -0.05) is 0 Å². The molecule has 0 fully saturated rings. The van der Waals surface area contributed by atoms with E-state index in [0.29, 0.717) is 11.3 Å². The van der Waals surface area contributed by atoms with E-state index in [1.54, 1.807) is 0 Å². The SMILES string of the molecule is CC(C)(C)Oc1ncc([B]O)c(OC(C)(C)C)n1. The Labute approximate surface area is 109 Å². The first-order chi connectivity index (χ1) is 8.11. The fraction of sp³-hybridized carbons (Fsp3) is 0.667. The predicted octanol–water partition coefficient (Wildman–Crippen LogP) is 1.07. The quantitative estimate of drug-likeness (QED) is 0.814. The first kappa shape index (κ1) is 14.8. The zero-order valence-corrected chi connectivity index (χ0v) is 11.8. The van der Waals surface area contributed by atoms with Gasteiger partial charge < -0.3 is 14.5 Å². The van der Waals surface area contributed by atoms with Gasteiger partial charge in [-0.15, -0.1) is 0 Å². The number of aromatic nitrogens is 2. The molecule has 99 valence electrons. The van der Waals surface area contributed by atoms with Gasteiger partial charge in [0.15, 0.2) is 0 Å². The summed E-state index contributed by atoms with van der Waals surface area (Å²) in [6, 6.07) is 0.229. The van der Waals surface area contributed by atoms with E-state index in [1.165, 1.54) is 6.20 Å². The summed E-state index contributed by atoms with van der Waals surface area (Å²) in [6.45, 7) is 11.4. The third-order valence-electron chi connectivity index (χ3n) is 1.70. The van der Waals surface area contributed by atoms with Crippen LogP contribution < -0.4 is 14.9 Å². The number of hydrogen-bond acceptors (Lipinski definition) is 5. The average Bonchev–Trinajstić information content (AvgIpc) is 2.12. The maximum atomic E-state index is 9.11. The van der Waals surface area contributed by atoms with Crippen LogP contribution >= 0.6 is 0 Å². The lowest BCUT2D eigenvalue weighted by atomic mass is 9.91. The second kappa shape index (κ2) is 5.14. The minimum absolute atomic E-state index is 0.229. The highest BCUT2D eigenvalue weighted by Gasteiger charge is 2.20. The third-order valence-corrected chi connectivity index (χ3v) is 1.70. The fourth-order valence-electron chi connectivity index (χ4n) is 1.14. The summed E-state index contributed by atoms with van der Waals surface area (Å²) < 4.78 is 11.2. The lowest BCUT2D eigenvalue weighted by Gasteiger charge is -2.23. The Balaban J connectivity index is 3.02. The van der Waals surface area contributed by atoms with Crippen LogP contribution in [-0.2, 0) is 0 Å². The molecule has 0 bridgehead atoms. The lowest BCUT2D eigenvalue weighted by molar-refractivity contribution is 0.104. The largest absolute Gasteiger partial charge is 0.472 e. The van der Waals surface area contributed by atoms with Gasteiger partial charge in [0.05, 0.1) is 0 Å². The Hall–Kier alpha value is -1.30. The molecular weight excluding hydrogens is 231 g/mol. The van der Waals surface area contributed by atoms with Crippen LogP contribution in [0.1, 0.15) is 41.5 Å². The minimum atomic E-state index is -0.412. The van der Waals surface area contributed by atoms with Crippen LogP contribution in [-0.4, -0.2) is 33.7 Å². The van der Waals surface area contributed by atoms with Crippen molar-refractivity contribution < 1.29 is 14.5 Å². The molecule has 1 rings (SSSR count). The van der Waals surface area contributed by atoms with E-state index >= 15 is 0 Å².